The Morgan fingerprint density at radius 3 is 3.08 bits per heavy atom. The van der Waals surface area contributed by atoms with Crippen molar-refractivity contribution in [3.05, 3.63) is 40.1 Å². The van der Waals surface area contributed by atoms with Crippen molar-refractivity contribution >= 4 is 29.0 Å². The Kier molecular flexibility index (Phi) is 5.56. The van der Waals surface area contributed by atoms with E-state index < -0.39 is 12.6 Å². The van der Waals surface area contributed by atoms with Crippen LogP contribution in [0.1, 0.15) is 5.01 Å². The van der Waals surface area contributed by atoms with Crippen molar-refractivity contribution in [3.63, 3.8) is 0 Å². The van der Waals surface area contributed by atoms with Crippen LogP contribution in [0.3, 0.4) is 0 Å². The van der Waals surface area contributed by atoms with Crippen LogP contribution in [0.15, 0.2) is 40.1 Å². The van der Waals surface area contributed by atoms with Crippen molar-refractivity contribution in [3.8, 4) is 0 Å². The highest BCUT2D eigenvalue weighted by Crippen LogP contribution is 2.17. The molecule has 0 atom stereocenters. The van der Waals surface area contributed by atoms with Crippen LogP contribution in [0.4, 0.5) is 13.6 Å². The lowest BCUT2D eigenvalue weighted by Crippen LogP contribution is -2.38. The van der Waals surface area contributed by atoms with E-state index in [0.717, 1.165) is 6.20 Å². The van der Waals surface area contributed by atoms with Gasteiger partial charge < -0.3 is 20.8 Å². The van der Waals surface area contributed by atoms with E-state index in [2.05, 4.69) is 15.3 Å². The first-order chi connectivity index (χ1) is 12.5. The van der Waals surface area contributed by atoms with Gasteiger partial charge in [-0.2, -0.15) is 8.78 Å². The van der Waals surface area contributed by atoms with Crippen molar-refractivity contribution in [1.82, 2.24) is 20.5 Å². The maximum atomic E-state index is 12.2. The van der Waals surface area contributed by atoms with Gasteiger partial charge in [0.15, 0.2) is 10.8 Å². The highest BCUT2D eigenvalue weighted by molar-refractivity contribution is 7.11. The number of amides is 1. The summed E-state index contributed by atoms with van der Waals surface area (Å²) in [7, 11) is 0. The number of thiazole rings is 1. The van der Waals surface area contributed by atoms with Gasteiger partial charge in [0.2, 0.25) is 0 Å². The molecule has 0 saturated carbocycles. The van der Waals surface area contributed by atoms with Gasteiger partial charge >= 0.3 is 12.6 Å². The van der Waals surface area contributed by atoms with Crippen molar-refractivity contribution in [1.29, 1.82) is 5.41 Å². The topological polar surface area (TPSA) is 103 Å². The smallest absolute Gasteiger partial charge is 0.410 e. The largest absolute Gasteiger partial charge is 0.448 e. The molecule has 1 aromatic heterocycles. The molecule has 3 heterocycles. The summed E-state index contributed by atoms with van der Waals surface area (Å²) in [6.45, 7) is -1.57. The third-order valence-corrected chi connectivity index (χ3v) is 4.43. The molecule has 0 spiro atoms. The molecule has 1 amide bonds. The number of aromatic nitrogens is 1. The Labute approximate surface area is 151 Å². The number of rotatable bonds is 7. The number of allylic oxidation sites excluding steroid dienone is 1. The fourth-order valence-electron chi connectivity index (χ4n) is 2.42. The number of ether oxygens (including phenoxy) is 1. The van der Waals surface area contributed by atoms with Crippen LogP contribution in [0.25, 0.3) is 0 Å². The average Bonchev–Trinajstić information content (AvgIpc) is 3.27. The first kappa shape index (κ1) is 18.0. The predicted molar refractivity (Wildman–Crippen MR) is 92.6 cm³/mol. The van der Waals surface area contributed by atoms with Crippen LogP contribution in [0.5, 0.6) is 0 Å². The van der Waals surface area contributed by atoms with Gasteiger partial charge in [-0.1, -0.05) is 0 Å². The number of carbonyl (C=O) groups excluding carboxylic acids is 1. The predicted octanol–water partition coefficient (Wildman–Crippen LogP) is 1.54. The fraction of sp³-hybridized carbons (Fsp3) is 0.333. The molecule has 0 unspecified atom stereocenters. The van der Waals surface area contributed by atoms with Crippen LogP contribution in [0, 0.1) is 5.41 Å². The summed E-state index contributed by atoms with van der Waals surface area (Å²) in [4.78, 5) is 21.8. The van der Waals surface area contributed by atoms with Gasteiger partial charge in [-0.3, -0.25) is 9.89 Å². The van der Waals surface area contributed by atoms with Gasteiger partial charge in [0, 0.05) is 29.0 Å². The number of carbonyl (C=O) groups is 1. The number of cyclic esters (lactones) is 1. The lowest BCUT2D eigenvalue weighted by Gasteiger charge is -2.24. The molecule has 3 rings (SSSR count). The monoisotopic (exact) mass is 382 g/mol. The maximum absolute atomic E-state index is 12.2. The Balaban J connectivity index is 1.80. The summed E-state index contributed by atoms with van der Waals surface area (Å²) >= 11 is 1.41. The minimum absolute atomic E-state index is 0.0233. The van der Waals surface area contributed by atoms with Crippen molar-refractivity contribution < 1.29 is 18.3 Å². The Morgan fingerprint density at radius 1 is 1.58 bits per heavy atom. The van der Waals surface area contributed by atoms with E-state index in [9.17, 15) is 13.6 Å². The highest BCUT2D eigenvalue weighted by atomic mass is 32.1. The number of hydrogen-bond acceptors (Lipinski definition) is 8. The minimum Gasteiger partial charge on any atom is -0.448 e. The number of halogens is 2. The lowest BCUT2D eigenvalue weighted by molar-refractivity contribution is 0.125. The van der Waals surface area contributed by atoms with Crippen LogP contribution < -0.4 is 10.6 Å². The number of amidine groups is 1. The van der Waals surface area contributed by atoms with E-state index in [1.54, 1.807) is 6.20 Å². The van der Waals surface area contributed by atoms with Crippen molar-refractivity contribution in [2.45, 2.75) is 6.55 Å². The molecule has 0 radical (unpaired) electrons. The van der Waals surface area contributed by atoms with Crippen molar-refractivity contribution in [2.24, 2.45) is 4.99 Å². The zero-order valence-electron chi connectivity index (χ0n) is 13.5. The number of alkyl halides is 2. The third-order valence-electron chi connectivity index (χ3n) is 3.65. The zero-order chi connectivity index (χ0) is 18.5. The van der Waals surface area contributed by atoms with E-state index in [0.29, 0.717) is 35.3 Å². The van der Waals surface area contributed by atoms with Gasteiger partial charge in [0.05, 0.1) is 25.3 Å². The van der Waals surface area contributed by atoms with Crippen LogP contribution in [0.2, 0.25) is 0 Å². The van der Waals surface area contributed by atoms with Gasteiger partial charge in [-0.05, 0) is 6.08 Å². The Morgan fingerprint density at radius 2 is 2.42 bits per heavy atom. The lowest BCUT2D eigenvalue weighted by atomic mass is 10.1. The standard InChI is InChI=1S/C15H16F2N6O2S/c16-14(17)20-2-1-10(18)9-7-21-12(13-19-3-6-26-13)22-11(9)8-23-4-5-25-15(23)24/h1-3,6,14,18,20H,4-5,7-8H2,(H,21,22)/b2-1-,18-10?. The molecule has 1 aromatic rings. The van der Waals surface area contributed by atoms with Crippen LogP contribution in [-0.2, 0) is 4.74 Å². The van der Waals surface area contributed by atoms with E-state index in [1.165, 1.54) is 22.3 Å². The third kappa shape index (κ3) is 4.23. The number of nitrogens with one attached hydrogen (secondary N) is 3. The molecule has 8 nitrogen and oxygen atoms in total. The summed E-state index contributed by atoms with van der Waals surface area (Å²) in [5.74, 6) is 0.550. The van der Waals surface area contributed by atoms with Crippen LogP contribution in [-0.4, -0.2) is 60.3 Å². The second-order valence-electron chi connectivity index (χ2n) is 5.33. The number of aliphatic imine (C=N–C) groups is 1. The molecule has 11 heteroatoms. The number of hydrogen-bond donors (Lipinski definition) is 3. The molecule has 1 fully saturated rings. The van der Waals surface area contributed by atoms with Gasteiger partial charge in [0.1, 0.15) is 6.61 Å². The Hall–Kier alpha value is -2.82. The van der Waals surface area contributed by atoms with E-state index >= 15 is 0 Å². The summed E-state index contributed by atoms with van der Waals surface area (Å²) in [5, 5.41) is 15.6. The average molecular weight is 382 g/mol. The SMILES string of the molecule is N=C(/C=C\NC(F)F)C1=C(CN2CCOC2=O)NC(c2nccs2)=NC1. The molecule has 0 aliphatic carbocycles. The van der Waals surface area contributed by atoms with E-state index in [4.69, 9.17) is 10.1 Å². The molecule has 2 aliphatic heterocycles. The summed E-state index contributed by atoms with van der Waals surface area (Å²) in [5.41, 5.74) is 1.13. The molecule has 2 aliphatic rings. The highest BCUT2D eigenvalue weighted by Gasteiger charge is 2.27. The number of nitrogens with zero attached hydrogens (tertiary/aromatic N) is 3. The van der Waals surface area contributed by atoms with Crippen LogP contribution >= 0.6 is 11.3 Å². The fourth-order valence-corrected chi connectivity index (χ4v) is 3.02. The van der Waals surface area contributed by atoms with Gasteiger partial charge in [-0.15, -0.1) is 11.3 Å². The van der Waals surface area contributed by atoms with E-state index in [-0.39, 0.29) is 18.8 Å². The minimum atomic E-state index is -2.70. The van der Waals surface area contributed by atoms with Crippen molar-refractivity contribution in [2.75, 3.05) is 26.2 Å². The van der Waals surface area contributed by atoms with E-state index in [1.807, 2.05) is 10.7 Å². The first-order valence-corrected chi connectivity index (χ1v) is 8.57. The Bertz CT molecular complexity index is 775. The zero-order valence-corrected chi connectivity index (χ0v) is 14.4. The molecule has 0 aromatic carbocycles. The summed E-state index contributed by atoms with van der Waals surface area (Å²) in [6, 6.07) is 0. The molecule has 3 N–H and O–H groups in total. The molecular formula is C15H16F2N6O2S. The molecule has 138 valence electrons. The molecule has 26 heavy (non-hydrogen) atoms. The molecular weight excluding hydrogens is 366 g/mol. The van der Waals surface area contributed by atoms with Gasteiger partial charge in [-0.25, -0.2) is 9.78 Å². The van der Waals surface area contributed by atoms with Gasteiger partial charge in [0.25, 0.3) is 0 Å². The normalized spacial score (nSPS) is 17.6. The molecule has 0 bridgehead atoms. The second-order valence-corrected chi connectivity index (χ2v) is 6.23. The molecule has 1 saturated heterocycles. The first-order valence-electron chi connectivity index (χ1n) is 7.69. The maximum Gasteiger partial charge on any atom is 0.410 e. The summed E-state index contributed by atoms with van der Waals surface area (Å²) in [6.07, 6.45) is 3.47. The second kappa shape index (κ2) is 8.04. The summed E-state index contributed by atoms with van der Waals surface area (Å²) < 4.78 is 29.3. The quantitative estimate of drug-likeness (QED) is 0.490.